The molecule has 0 saturated carbocycles. The van der Waals surface area contributed by atoms with E-state index >= 15 is 0 Å². The number of aryl methyl sites for hydroxylation is 1. The van der Waals surface area contributed by atoms with E-state index in [0.717, 1.165) is 15.7 Å². The van der Waals surface area contributed by atoms with E-state index in [0.29, 0.717) is 13.2 Å². The molecule has 0 radical (unpaired) electrons. The number of rotatable bonds is 5. The number of carbonyl (C=O) groups is 1. The molecule has 0 spiro atoms. The Kier molecular flexibility index (Phi) is 5.66. The second-order valence-electron chi connectivity index (χ2n) is 3.74. The summed E-state index contributed by atoms with van der Waals surface area (Å²) in [5.74, 6) is -0.285. The third kappa shape index (κ3) is 4.04. The van der Waals surface area contributed by atoms with Crippen molar-refractivity contribution in [1.29, 1.82) is 5.26 Å². The molecule has 18 heavy (non-hydrogen) atoms. The molecular formula is C13H15BrN2O2. The summed E-state index contributed by atoms with van der Waals surface area (Å²) in [5.41, 5.74) is 1.79. The number of nitrogens with zero attached hydrogens (tertiary/aromatic N) is 2. The highest BCUT2D eigenvalue weighted by molar-refractivity contribution is 9.10. The molecule has 0 atom stereocenters. The summed E-state index contributed by atoms with van der Waals surface area (Å²) in [6.45, 7) is 4.38. The molecule has 0 amide bonds. The van der Waals surface area contributed by atoms with Crippen LogP contribution in [-0.2, 0) is 9.53 Å². The van der Waals surface area contributed by atoms with Gasteiger partial charge in [-0.3, -0.25) is 9.69 Å². The minimum Gasteiger partial charge on any atom is -0.466 e. The van der Waals surface area contributed by atoms with Crippen LogP contribution in [0, 0.1) is 18.4 Å². The maximum absolute atomic E-state index is 11.3. The molecule has 0 N–H and O–H groups in total. The van der Waals surface area contributed by atoms with E-state index in [4.69, 9.17) is 10.00 Å². The van der Waals surface area contributed by atoms with Crippen LogP contribution < -0.4 is 4.90 Å². The van der Waals surface area contributed by atoms with Gasteiger partial charge < -0.3 is 4.74 Å². The van der Waals surface area contributed by atoms with Gasteiger partial charge in [0.25, 0.3) is 0 Å². The fourth-order valence-electron chi connectivity index (χ4n) is 1.58. The van der Waals surface area contributed by atoms with Gasteiger partial charge in [0.2, 0.25) is 0 Å². The third-order valence-electron chi connectivity index (χ3n) is 2.42. The lowest BCUT2D eigenvalue weighted by Crippen LogP contribution is -2.22. The maximum Gasteiger partial charge on any atom is 0.307 e. The third-order valence-corrected chi connectivity index (χ3v) is 2.91. The van der Waals surface area contributed by atoms with Gasteiger partial charge in [0.05, 0.1) is 18.7 Å². The first-order valence-electron chi connectivity index (χ1n) is 5.67. The Bertz CT molecular complexity index is 469. The predicted octanol–water partition coefficient (Wildman–Crippen LogP) is 3.00. The number of ether oxygens (including phenoxy) is 1. The molecule has 1 aromatic rings. The van der Waals surface area contributed by atoms with Crippen LogP contribution in [0.25, 0.3) is 0 Å². The summed E-state index contributed by atoms with van der Waals surface area (Å²) < 4.78 is 5.80. The summed E-state index contributed by atoms with van der Waals surface area (Å²) in [5, 5.41) is 9.13. The lowest BCUT2D eigenvalue weighted by molar-refractivity contribution is -0.142. The van der Waals surface area contributed by atoms with Gasteiger partial charge in [-0.2, -0.15) is 5.26 Å². The van der Waals surface area contributed by atoms with Crippen LogP contribution in [0.1, 0.15) is 18.9 Å². The molecule has 0 saturated heterocycles. The zero-order valence-electron chi connectivity index (χ0n) is 10.4. The first-order chi connectivity index (χ1) is 8.58. The van der Waals surface area contributed by atoms with Crippen molar-refractivity contribution in [3.05, 3.63) is 28.2 Å². The summed E-state index contributed by atoms with van der Waals surface area (Å²) in [7, 11) is 0. The number of nitriles is 1. The molecule has 5 heteroatoms. The maximum atomic E-state index is 11.3. The predicted molar refractivity (Wildman–Crippen MR) is 73.1 cm³/mol. The van der Waals surface area contributed by atoms with Crippen molar-refractivity contribution in [2.75, 3.05) is 18.1 Å². The second-order valence-corrected chi connectivity index (χ2v) is 4.65. The van der Waals surface area contributed by atoms with E-state index in [-0.39, 0.29) is 12.4 Å². The standard InChI is InChI=1S/C13H15BrN2O2/c1-3-18-13(17)6-7-16(9-15)12-5-4-11(14)8-10(12)2/h4-5,8H,3,6-7H2,1-2H3. The summed E-state index contributed by atoms with van der Waals surface area (Å²) in [6.07, 6.45) is 2.29. The molecule has 0 aliphatic heterocycles. The van der Waals surface area contributed by atoms with Crippen molar-refractivity contribution < 1.29 is 9.53 Å². The first kappa shape index (κ1) is 14.5. The van der Waals surface area contributed by atoms with E-state index in [1.807, 2.05) is 25.1 Å². The van der Waals surface area contributed by atoms with Crippen LogP contribution in [0.2, 0.25) is 0 Å². The van der Waals surface area contributed by atoms with Crippen molar-refractivity contribution in [3.63, 3.8) is 0 Å². The Morgan fingerprint density at radius 2 is 2.28 bits per heavy atom. The van der Waals surface area contributed by atoms with Gasteiger partial charge in [-0.1, -0.05) is 15.9 Å². The quantitative estimate of drug-likeness (QED) is 0.476. The Morgan fingerprint density at radius 1 is 1.56 bits per heavy atom. The van der Waals surface area contributed by atoms with Crippen molar-refractivity contribution in [1.82, 2.24) is 0 Å². The molecule has 0 unspecified atom stereocenters. The number of hydrogen-bond donors (Lipinski definition) is 0. The monoisotopic (exact) mass is 310 g/mol. The fourth-order valence-corrected chi connectivity index (χ4v) is 2.06. The molecule has 0 fully saturated rings. The van der Waals surface area contributed by atoms with Gasteiger partial charge in [0, 0.05) is 11.0 Å². The van der Waals surface area contributed by atoms with E-state index in [1.165, 1.54) is 4.90 Å². The van der Waals surface area contributed by atoms with Crippen LogP contribution in [0.5, 0.6) is 0 Å². The average Bonchev–Trinajstić information content (AvgIpc) is 2.32. The van der Waals surface area contributed by atoms with Gasteiger partial charge in [0.1, 0.15) is 0 Å². The van der Waals surface area contributed by atoms with Crippen molar-refractivity contribution in [3.8, 4) is 6.19 Å². The molecule has 4 nitrogen and oxygen atoms in total. The normalized spacial score (nSPS) is 9.67. The largest absolute Gasteiger partial charge is 0.466 e. The SMILES string of the molecule is CCOC(=O)CCN(C#N)c1ccc(Br)cc1C. The first-order valence-corrected chi connectivity index (χ1v) is 6.46. The lowest BCUT2D eigenvalue weighted by Gasteiger charge is -2.17. The molecule has 0 aromatic heterocycles. The van der Waals surface area contributed by atoms with Gasteiger partial charge in [-0.05, 0) is 37.6 Å². The minimum absolute atomic E-state index is 0.205. The Morgan fingerprint density at radius 3 is 2.83 bits per heavy atom. The zero-order valence-corrected chi connectivity index (χ0v) is 12.0. The molecule has 1 aromatic carbocycles. The average molecular weight is 311 g/mol. The molecule has 1 rings (SSSR count). The van der Waals surface area contributed by atoms with Crippen LogP contribution in [0.4, 0.5) is 5.69 Å². The lowest BCUT2D eigenvalue weighted by atomic mass is 10.2. The molecule has 0 aliphatic carbocycles. The van der Waals surface area contributed by atoms with E-state index in [1.54, 1.807) is 6.92 Å². The second kappa shape index (κ2) is 7.02. The topological polar surface area (TPSA) is 53.3 Å². The summed E-state index contributed by atoms with van der Waals surface area (Å²) in [6, 6.07) is 5.66. The van der Waals surface area contributed by atoms with Crippen LogP contribution in [0.3, 0.4) is 0 Å². The van der Waals surface area contributed by atoms with Crippen molar-refractivity contribution in [2.24, 2.45) is 0 Å². The van der Waals surface area contributed by atoms with Gasteiger partial charge >= 0.3 is 5.97 Å². The van der Waals surface area contributed by atoms with E-state index in [2.05, 4.69) is 22.1 Å². The number of halogens is 1. The highest BCUT2D eigenvalue weighted by Crippen LogP contribution is 2.23. The Labute approximate surface area is 115 Å². The van der Waals surface area contributed by atoms with Crippen molar-refractivity contribution in [2.45, 2.75) is 20.3 Å². The highest BCUT2D eigenvalue weighted by atomic mass is 79.9. The summed E-state index contributed by atoms with van der Waals surface area (Å²) >= 11 is 3.37. The Balaban J connectivity index is 2.72. The number of benzene rings is 1. The van der Waals surface area contributed by atoms with Crippen LogP contribution in [0.15, 0.2) is 22.7 Å². The number of esters is 1. The summed E-state index contributed by atoms with van der Waals surface area (Å²) in [4.78, 5) is 12.8. The Hall–Kier alpha value is -1.54. The molecule has 0 heterocycles. The zero-order chi connectivity index (χ0) is 13.5. The van der Waals surface area contributed by atoms with Crippen LogP contribution >= 0.6 is 15.9 Å². The smallest absolute Gasteiger partial charge is 0.307 e. The van der Waals surface area contributed by atoms with Crippen molar-refractivity contribution >= 4 is 27.6 Å². The number of carbonyl (C=O) groups excluding carboxylic acids is 1. The highest BCUT2D eigenvalue weighted by Gasteiger charge is 2.11. The van der Waals surface area contributed by atoms with Gasteiger partial charge in [0.15, 0.2) is 6.19 Å². The van der Waals surface area contributed by atoms with Crippen LogP contribution in [-0.4, -0.2) is 19.1 Å². The molecular weight excluding hydrogens is 296 g/mol. The fraction of sp³-hybridized carbons (Fsp3) is 0.385. The minimum atomic E-state index is -0.285. The van der Waals surface area contributed by atoms with E-state index in [9.17, 15) is 4.79 Å². The number of anilines is 1. The molecule has 96 valence electrons. The molecule has 0 bridgehead atoms. The van der Waals surface area contributed by atoms with Gasteiger partial charge in [-0.25, -0.2) is 0 Å². The number of hydrogen-bond acceptors (Lipinski definition) is 4. The molecule has 0 aliphatic rings. The van der Waals surface area contributed by atoms with Gasteiger partial charge in [-0.15, -0.1) is 0 Å². The van der Waals surface area contributed by atoms with E-state index < -0.39 is 0 Å².